The third kappa shape index (κ3) is 3.59. The Morgan fingerprint density at radius 2 is 2.20 bits per heavy atom. The van der Waals surface area contributed by atoms with Gasteiger partial charge in [-0.25, -0.2) is 9.78 Å². The van der Waals surface area contributed by atoms with E-state index in [1.165, 1.54) is 11.3 Å². The summed E-state index contributed by atoms with van der Waals surface area (Å²) in [7, 11) is 0. The second-order valence-electron chi connectivity index (χ2n) is 3.89. The maximum absolute atomic E-state index is 11.7. The van der Waals surface area contributed by atoms with E-state index in [-0.39, 0.29) is 5.97 Å². The first-order chi connectivity index (χ1) is 9.51. The quantitative estimate of drug-likeness (QED) is 0.716. The summed E-state index contributed by atoms with van der Waals surface area (Å²) in [5.74, 6) is -0.385. The van der Waals surface area contributed by atoms with Crippen molar-refractivity contribution < 1.29 is 9.53 Å². The van der Waals surface area contributed by atoms with Gasteiger partial charge in [-0.05, 0) is 48.0 Å². The minimum Gasteiger partial charge on any atom is -0.461 e. The van der Waals surface area contributed by atoms with E-state index in [1.54, 1.807) is 6.92 Å². The molecule has 0 aliphatic heterocycles. The van der Waals surface area contributed by atoms with E-state index in [0.717, 1.165) is 19.5 Å². The topological polar surface area (TPSA) is 51.2 Å². The van der Waals surface area contributed by atoms with Crippen molar-refractivity contribution in [1.29, 1.82) is 0 Å². The van der Waals surface area contributed by atoms with E-state index in [0.29, 0.717) is 17.4 Å². The van der Waals surface area contributed by atoms with Gasteiger partial charge in [0, 0.05) is 13.8 Å². The zero-order chi connectivity index (χ0) is 14.7. The number of aromatic nitrogens is 1. The minimum absolute atomic E-state index is 0.344. The molecule has 0 fully saturated rings. The van der Waals surface area contributed by atoms with Gasteiger partial charge in [-0.15, -0.1) is 11.3 Å². The molecule has 0 saturated heterocycles. The summed E-state index contributed by atoms with van der Waals surface area (Å²) in [6.45, 7) is 3.97. The number of rotatable bonds is 4. The zero-order valence-electron chi connectivity index (χ0n) is 10.9. The molecule has 1 aromatic heterocycles. The van der Waals surface area contributed by atoms with Crippen molar-refractivity contribution in [3.63, 3.8) is 0 Å². The molecule has 4 nitrogen and oxygen atoms in total. The summed E-state index contributed by atoms with van der Waals surface area (Å²) in [6.07, 6.45) is 0. The summed E-state index contributed by atoms with van der Waals surface area (Å²) in [5.41, 5.74) is 1.25. The highest BCUT2D eigenvalue weighted by Gasteiger charge is 2.16. The molecule has 0 atom stereocenters. The smallest absolute Gasteiger partial charge is 0.358 e. The van der Waals surface area contributed by atoms with Crippen molar-refractivity contribution in [1.82, 2.24) is 4.98 Å². The molecule has 0 radical (unpaired) electrons. The van der Waals surface area contributed by atoms with E-state index < -0.39 is 0 Å². The summed E-state index contributed by atoms with van der Waals surface area (Å²) < 4.78 is 6.87. The number of hydrogen-bond acceptors (Lipinski definition) is 5. The molecule has 1 heterocycles. The molecule has 0 aliphatic carbocycles. The highest BCUT2D eigenvalue weighted by Crippen LogP contribution is 2.31. The molecule has 1 aromatic carbocycles. The lowest BCUT2D eigenvalue weighted by Crippen LogP contribution is -2.06. The average molecular weight is 420 g/mol. The molecule has 0 bridgehead atoms. The number of ether oxygens (including phenoxy) is 1. The molecule has 7 heteroatoms. The van der Waals surface area contributed by atoms with Crippen molar-refractivity contribution in [2.45, 2.75) is 13.8 Å². The standard InChI is InChI=1S/C13H12Br2N2O2S/c1-3-19-12(18)11-7(2)20-13(17-11)16-10-5-4-8(14)6-9(10)15/h4-6H,3H2,1-2H3,(H,16,17). The molecular weight excluding hydrogens is 408 g/mol. The second-order valence-corrected chi connectivity index (χ2v) is 6.87. The third-order valence-corrected chi connectivity index (χ3v) is 4.47. The highest BCUT2D eigenvalue weighted by atomic mass is 79.9. The molecule has 0 aliphatic rings. The summed E-state index contributed by atoms with van der Waals surface area (Å²) in [4.78, 5) is 16.8. The van der Waals surface area contributed by atoms with E-state index in [9.17, 15) is 4.79 Å². The molecular formula is C13H12Br2N2O2S. The van der Waals surface area contributed by atoms with Crippen molar-refractivity contribution in [2.24, 2.45) is 0 Å². The Morgan fingerprint density at radius 1 is 1.45 bits per heavy atom. The van der Waals surface area contributed by atoms with Gasteiger partial charge >= 0.3 is 5.97 Å². The number of esters is 1. The summed E-state index contributed by atoms with van der Waals surface area (Å²) in [6, 6.07) is 5.80. The molecule has 0 unspecified atom stereocenters. The van der Waals surface area contributed by atoms with Crippen LogP contribution in [0.5, 0.6) is 0 Å². The van der Waals surface area contributed by atoms with Gasteiger partial charge in [-0.1, -0.05) is 15.9 Å². The van der Waals surface area contributed by atoms with E-state index in [1.807, 2.05) is 25.1 Å². The van der Waals surface area contributed by atoms with Crippen molar-refractivity contribution >= 4 is 60.0 Å². The predicted octanol–water partition coefficient (Wildman–Crippen LogP) is 4.90. The monoisotopic (exact) mass is 418 g/mol. The highest BCUT2D eigenvalue weighted by molar-refractivity contribution is 9.11. The normalized spacial score (nSPS) is 10.4. The first-order valence-corrected chi connectivity index (χ1v) is 8.28. The van der Waals surface area contributed by atoms with Crippen LogP contribution in [-0.4, -0.2) is 17.6 Å². The van der Waals surface area contributed by atoms with Gasteiger partial charge in [0.15, 0.2) is 10.8 Å². The van der Waals surface area contributed by atoms with Crippen LogP contribution < -0.4 is 5.32 Å². The Bertz CT molecular complexity index is 643. The number of aryl methyl sites for hydroxylation is 1. The van der Waals surface area contributed by atoms with Crippen molar-refractivity contribution in [3.8, 4) is 0 Å². The van der Waals surface area contributed by atoms with Gasteiger partial charge in [-0.3, -0.25) is 0 Å². The molecule has 0 saturated carbocycles. The number of carbonyl (C=O) groups is 1. The average Bonchev–Trinajstić information content (AvgIpc) is 2.74. The summed E-state index contributed by atoms with van der Waals surface area (Å²) in [5, 5.41) is 3.85. The van der Waals surface area contributed by atoms with Gasteiger partial charge in [0.05, 0.1) is 12.3 Å². The lowest BCUT2D eigenvalue weighted by Gasteiger charge is -2.05. The maximum Gasteiger partial charge on any atom is 0.358 e. The number of hydrogen-bond donors (Lipinski definition) is 1. The van der Waals surface area contributed by atoms with Crippen molar-refractivity contribution in [3.05, 3.63) is 37.7 Å². The fourth-order valence-electron chi connectivity index (χ4n) is 1.54. The fraction of sp³-hybridized carbons (Fsp3) is 0.231. The predicted molar refractivity (Wildman–Crippen MR) is 87.9 cm³/mol. The molecule has 106 valence electrons. The number of carbonyl (C=O) groups excluding carboxylic acids is 1. The first kappa shape index (κ1) is 15.5. The second kappa shape index (κ2) is 6.69. The van der Waals surface area contributed by atoms with Gasteiger partial charge in [-0.2, -0.15) is 0 Å². The fourth-order valence-corrected chi connectivity index (χ4v) is 3.50. The number of nitrogens with one attached hydrogen (secondary N) is 1. The SMILES string of the molecule is CCOC(=O)c1nc(Nc2ccc(Br)cc2Br)sc1C. The van der Waals surface area contributed by atoms with Crippen LogP contribution in [0.1, 0.15) is 22.3 Å². The maximum atomic E-state index is 11.7. The van der Waals surface area contributed by atoms with Crippen LogP contribution >= 0.6 is 43.2 Å². The number of benzene rings is 1. The van der Waals surface area contributed by atoms with Crippen LogP contribution in [0.4, 0.5) is 10.8 Å². The third-order valence-electron chi connectivity index (χ3n) is 2.44. The van der Waals surface area contributed by atoms with E-state index >= 15 is 0 Å². The van der Waals surface area contributed by atoms with Crippen LogP contribution in [0.3, 0.4) is 0 Å². The Balaban J connectivity index is 2.22. The van der Waals surface area contributed by atoms with Gasteiger partial charge in [0.2, 0.25) is 0 Å². The van der Waals surface area contributed by atoms with Crippen LogP contribution in [0.25, 0.3) is 0 Å². The molecule has 0 amide bonds. The Morgan fingerprint density at radius 3 is 2.85 bits per heavy atom. The molecule has 20 heavy (non-hydrogen) atoms. The van der Waals surface area contributed by atoms with Gasteiger partial charge in [0.1, 0.15) is 0 Å². The molecule has 2 rings (SSSR count). The Labute approximate surface area is 137 Å². The number of anilines is 2. The summed E-state index contributed by atoms with van der Waals surface area (Å²) >= 11 is 8.30. The number of halogens is 2. The molecule has 2 aromatic rings. The van der Waals surface area contributed by atoms with Gasteiger partial charge in [0.25, 0.3) is 0 Å². The van der Waals surface area contributed by atoms with E-state index in [4.69, 9.17) is 4.74 Å². The lowest BCUT2D eigenvalue weighted by atomic mass is 10.3. The van der Waals surface area contributed by atoms with Crippen LogP contribution in [0.15, 0.2) is 27.1 Å². The number of nitrogens with zero attached hydrogens (tertiary/aromatic N) is 1. The molecule has 1 N–H and O–H groups in total. The van der Waals surface area contributed by atoms with Gasteiger partial charge < -0.3 is 10.1 Å². The zero-order valence-corrected chi connectivity index (χ0v) is 14.9. The first-order valence-electron chi connectivity index (χ1n) is 5.88. The van der Waals surface area contributed by atoms with Crippen molar-refractivity contribution in [2.75, 3.05) is 11.9 Å². The Hall–Kier alpha value is -0.920. The van der Waals surface area contributed by atoms with E-state index in [2.05, 4.69) is 42.2 Å². The Kier molecular flexibility index (Phi) is 5.17. The van der Waals surface area contributed by atoms with Crippen LogP contribution in [0, 0.1) is 6.92 Å². The van der Waals surface area contributed by atoms with Crippen LogP contribution in [-0.2, 0) is 4.74 Å². The minimum atomic E-state index is -0.385. The number of thiazole rings is 1. The van der Waals surface area contributed by atoms with Crippen LogP contribution in [0.2, 0.25) is 0 Å². The molecule has 0 spiro atoms. The lowest BCUT2D eigenvalue weighted by molar-refractivity contribution is 0.0519. The largest absolute Gasteiger partial charge is 0.461 e.